The molecule has 22 heavy (non-hydrogen) atoms. The Bertz CT molecular complexity index is 953. The van der Waals surface area contributed by atoms with Gasteiger partial charge in [-0.2, -0.15) is 0 Å². The summed E-state index contributed by atoms with van der Waals surface area (Å²) in [4.78, 5) is 3.34. The molecule has 0 aliphatic heterocycles. The van der Waals surface area contributed by atoms with Crippen molar-refractivity contribution in [2.75, 3.05) is 4.72 Å². The predicted octanol–water partition coefficient (Wildman–Crippen LogP) is 3.31. The third kappa shape index (κ3) is 2.62. The zero-order valence-electron chi connectivity index (χ0n) is 11.1. The first-order valence-electron chi connectivity index (χ1n) is 6.28. The van der Waals surface area contributed by atoms with Crippen LogP contribution >= 0.6 is 0 Å². The van der Waals surface area contributed by atoms with E-state index in [0.717, 1.165) is 17.5 Å². The molecule has 1 aromatic heterocycles. The second-order valence-electron chi connectivity index (χ2n) is 4.58. The van der Waals surface area contributed by atoms with Gasteiger partial charge in [0.2, 0.25) is 0 Å². The number of hydrogen-bond acceptors (Lipinski definition) is 3. The number of hydrogen-bond donors (Lipinski definition) is 1. The van der Waals surface area contributed by atoms with E-state index in [0.29, 0.717) is 17.1 Å². The number of fused-ring (bicyclic) bond motifs is 1. The van der Waals surface area contributed by atoms with E-state index >= 15 is 0 Å². The summed E-state index contributed by atoms with van der Waals surface area (Å²) in [6.07, 6.45) is 3.12. The van der Waals surface area contributed by atoms with Crippen LogP contribution in [0.1, 0.15) is 0 Å². The normalized spacial score (nSPS) is 11.5. The summed E-state index contributed by atoms with van der Waals surface area (Å²) < 4.78 is 53.5. The zero-order chi connectivity index (χ0) is 15.7. The van der Waals surface area contributed by atoms with Gasteiger partial charge >= 0.3 is 0 Å². The number of halogens is 2. The Morgan fingerprint density at radius 3 is 2.64 bits per heavy atom. The molecule has 0 bridgehead atoms. The van der Waals surface area contributed by atoms with Gasteiger partial charge in [-0.3, -0.25) is 9.71 Å². The predicted molar refractivity (Wildman–Crippen MR) is 78.9 cm³/mol. The van der Waals surface area contributed by atoms with Gasteiger partial charge in [0.15, 0.2) is 0 Å². The molecule has 0 amide bonds. The SMILES string of the molecule is O=S(=O)(Nc1cccc2cnccc12)c1ccc(F)cc1F. The maximum Gasteiger partial charge on any atom is 0.264 e. The third-order valence-corrected chi connectivity index (χ3v) is 4.51. The first-order chi connectivity index (χ1) is 10.5. The summed E-state index contributed by atoms with van der Waals surface area (Å²) in [7, 11) is -4.16. The lowest BCUT2D eigenvalue weighted by Crippen LogP contribution is -2.15. The van der Waals surface area contributed by atoms with Crippen LogP contribution in [0.25, 0.3) is 10.8 Å². The van der Waals surface area contributed by atoms with Crippen LogP contribution in [0.3, 0.4) is 0 Å². The number of sulfonamides is 1. The zero-order valence-corrected chi connectivity index (χ0v) is 11.9. The quantitative estimate of drug-likeness (QED) is 0.805. The van der Waals surface area contributed by atoms with Crippen LogP contribution in [-0.2, 0) is 10.0 Å². The van der Waals surface area contributed by atoms with Gasteiger partial charge in [-0.1, -0.05) is 12.1 Å². The molecule has 4 nitrogen and oxygen atoms in total. The van der Waals surface area contributed by atoms with Crippen LogP contribution in [0.4, 0.5) is 14.5 Å². The molecule has 0 fully saturated rings. The minimum Gasteiger partial charge on any atom is -0.279 e. The number of nitrogens with zero attached hydrogens (tertiary/aromatic N) is 1. The highest BCUT2D eigenvalue weighted by Crippen LogP contribution is 2.26. The number of aromatic nitrogens is 1. The number of benzene rings is 2. The van der Waals surface area contributed by atoms with Crippen LogP contribution < -0.4 is 4.72 Å². The highest BCUT2D eigenvalue weighted by Gasteiger charge is 2.20. The van der Waals surface area contributed by atoms with E-state index in [1.165, 1.54) is 6.20 Å². The molecule has 0 radical (unpaired) electrons. The van der Waals surface area contributed by atoms with E-state index in [1.54, 1.807) is 30.5 Å². The van der Waals surface area contributed by atoms with Gasteiger partial charge in [0.05, 0.1) is 5.69 Å². The fourth-order valence-electron chi connectivity index (χ4n) is 2.10. The van der Waals surface area contributed by atoms with Crippen LogP contribution in [0.2, 0.25) is 0 Å². The maximum absolute atomic E-state index is 13.7. The third-order valence-electron chi connectivity index (χ3n) is 3.11. The van der Waals surface area contributed by atoms with Gasteiger partial charge in [0, 0.05) is 29.2 Å². The highest BCUT2D eigenvalue weighted by atomic mass is 32.2. The molecule has 1 heterocycles. The Kier molecular flexibility index (Phi) is 3.50. The Labute approximate surface area is 125 Å². The largest absolute Gasteiger partial charge is 0.279 e. The molecular weight excluding hydrogens is 310 g/mol. The number of pyridine rings is 1. The van der Waals surface area contributed by atoms with Gasteiger partial charge in [-0.25, -0.2) is 17.2 Å². The lowest BCUT2D eigenvalue weighted by atomic mass is 10.1. The van der Waals surface area contributed by atoms with E-state index in [9.17, 15) is 17.2 Å². The van der Waals surface area contributed by atoms with Gasteiger partial charge in [-0.15, -0.1) is 0 Å². The monoisotopic (exact) mass is 320 g/mol. The second kappa shape index (κ2) is 5.34. The average molecular weight is 320 g/mol. The van der Waals surface area contributed by atoms with Crippen molar-refractivity contribution in [1.29, 1.82) is 0 Å². The van der Waals surface area contributed by atoms with Gasteiger partial charge in [0.25, 0.3) is 10.0 Å². The lowest BCUT2D eigenvalue weighted by molar-refractivity contribution is 0.551. The van der Waals surface area contributed by atoms with Crippen molar-refractivity contribution in [2.24, 2.45) is 0 Å². The summed E-state index contributed by atoms with van der Waals surface area (Å²) in [5.74, 6) is -1.98. The first kappa shape index (κ1) is 14.4. The van der Waals surface area contributed by atoms with Crippen molar-refractivity contribution in [3.05, 3.63) is 66.5 Å². The van der Waals surface area contributed by atoms with Crippen LogP contribution in [0.15, 0.2) is 59.8 Å². The van der Waals surface area contributed by atoms with Crippen molar-refractivity contribution < 1.29 is 17.2 Å². The van der Waals surface area contributed by atoms with Crippen LogP contribution in [0.5, 0.6) is 0 Å². The van der Waals surface area contributed by atoms with Crippen LogP contribution in [0, 0.1) is 11.6 Å². The highest BCUT2D eigenvalue weighted by molar-refractivity contribution is 7.92. The number of anilines is 1. The summed E-state index contributed by atoms with van der Waals surface area (Å²) in [6, 6.07) is 8.95. The van der Waals surface area contributed by atoms with Crippen LogP contribution in [-0.4, -0.2) is 13.4 Å². The molecule has 3 aromatic rings. The fourth-order valence-corrected chi connectivity index (χ4v) is 3.24. The molecule has 0 atom stereocenters. The van der Waals surface area contributed by atoms with E-state index in [2.05, 4.69) is 9.71 Å². The summed E-state index contributed by atoms with van der Waals surface area (Å²) in [6.45, 7) is 0. The standard InChI is InChI=1S/C15H10F2N2O2S/c16-11-4-5-15(13(17)8-11)22(20,21)19-14-3-1-2-10-9-18-7-6-12(10)14/h1-9,19H. The van der Waals surface area contributed by atoms with Crippen molar-refractivity contribution in [3.8, 4) is 0 Å². The molecule has 0 saturated carbocycles. The summed E-state index contributed by atoms with van der Waals surface area (Å²) >= 11 is 0. The Morgan fingerprint density at radius 1 is 1.05 bits per heavy atom. The number of rotatable bonds is 3. The molecule has 2 aromatic carbocycles. The minimum atomic E-state index is -4.16. The Hall–Kier alpha value is -2.54. The lowest BCUT2D eigenvalue weighted by Gasteiger charge is -2.11. The maximum atomic E-state index is 13.7. The molecule has 0 spiro atoms. The van der Waals surface area contributed by atoms with E-state index in [-0.39, 0.29) is 0 Å². The van der Waals surface area contributed by atoms with Gasteiger partial charge < -0.3 is 0 Å². The summed E-state index contributed by atoms with van der Waals surface area (Å²) in [5.41, 5.74) is 0.295. The van der Waals surface area contributed by atoms with Crippen molar-refractivity contribution >= 4 is 26.5 Å². The van der Waals surface area contributed by atoms with Crippen molar-refractivity contribution in [3.63, 3.8) is 0 Å². The van der Waals surface area contributed by atoms with E-state index in [1.807, 2.05) is 0 Å². The molecule has 112 valence electrons. The Balaban J connectivity index is 2.07. The van der Waals surface area contributed by atoms with Gasteiger partial charge in [0.1, 0.15) is 16.5 Å². The average Bonchev–Trinajstić information content (AvgIpc) is 2.47. The van der Waals surface area contributed by atoms with Crippen molar-refractivity contribution in [1.82, 2.24) is 4.98 Å². The number of nitrogens with one attached hydrogen (secondary N) is 1. The fraction of sp³-hybridized carbons (Fsp3) is 0. The molecule has 7 heteroatoms. The molecular formula is C15H10F2N2O2S. The molecule has 0 aliphatic rings. The minimum absolute atomic E-state index is 0.295. The van der Waals surface area contributed by atoms with E-state index < -0.39 is 26.6 Å². The van der Waals surface area contributed by atoms with Gasteiger partial charge in [-0.05, 0) is 24.3 Å². The van der Waals surface area contributed by atoms with E-state index in [4.69, 9.17) is 0 Å². The molecule has 0 saturated heterocycles. The summed E-state index contributed by atoms with van der Waals surface area (Å²) in [5, 5.41) is 1.37. The van der Waals surface area contributed by atoms with Crippen molar-refractivity contribution in [2.45, 2.75) is 4.90 Å². The second-order valence-corrected chi connectivity index (χ2v) is 6.23. The molecule has 0 aliphatic carbocycles. The Morgan fingerprint density at radius 2 is 1.86 bits per heavy atom. The topological polar surface area (TPSA) is 59.1 Å². The smallest absolute Gasteiger partial charge is 0.264 e. The first-order valence-corrected chi connectivity index (χ1v) is 7.76. The molecule has 0 unspecified atom stereocenters. The molecule has 1 N–H and O–H groups in total. The molecule has 3 rings (SSSR count).